The van der Waals surface area contributed by atoms with Crippen LogP contribution in [0.5, 0.6) is 0 Å². The number of anilines is 1. The predicted molar refractivity (Wildman–Crippen MR) is 67.7 cm³/mol. The van der Waals surface area contributed by atoms with Crippen molar-refractivity contribution in [2.24, 2.45) is 0 Å². The third-order valence-electron chi connectivity index (χ3n) is 3.06. The second-order valence-corrected chi connectivity index (χ2v) is 4.96. The van der Waals surface area contributed by atoms with E-state index >= 15 is 0 Å². The molecule has 0 unspecified atom stereocenters. The second-order valence-electron chi connectivity index (χ2n) is 4.11. The summed E-state index contributed by atoms with van der Waals surface area (Å²) in [6, 6.07) is 0. The van der Waals surface area contributed by atoms with E-state index in [1.165, 1.54) is 19.3 Å². The van der Waals surface area contributed by atoms with Crippen molar-refractivity contribution in [2.75, 3.05) is 18.0 Å². The lowest BCUT2D eigenvalue weighted by Gasteiger charge is -2.28. The number of hydrogen-bond donors (Lipinski definition) is 1. The number of fused-ring (bicyclic) bond motifs is 1. The van der Waals surface area contributed by atoms with Crippen molar-refractivity contribution in [3.05, 3.63) is 17.0 Å². The molecule has 1 fully saturated rings. The number of piperidine rings is 1. The van der Waals surface area contributed by atoms with Crippen molar-refractivity contribution in [1.82, 2.24) is 15.0 Å². The zero-order valence-electron chi connectivity index (χ0n) is 8.91. The lowest BCUT2D eigenvalue weighted by molar-refractivity contribution is 0.574. The molecule has 0 saturated carbocycles. The maximum Gasteiger partial charge on any atom is 0.144 e. The topological polar surface area (TPSA) is 44.8 Å². The fraction of sp³-hybridized carbons (Fsp3) is 0.455. The number of aromatic nitrogens is 3. The Morgan fingerprint density at radius 3 is 2.81 bits per heavy atom. The van der Waals surface area contributed by atoms with Crippen LogP contribution >= 0.6 is 15.9 Å². The van der Waals surface area contributed by atoms with Gasteiger partial charge < -0.3 is 9.88 Å². The van der Waals surface area contributed by atoms with Gasteiger partial charge in [-0.25, -0.2) is 9.97 Å². The van der Waals surface area contributed by atoms with E-state index in [1.807, 2.05) is 6.20 Å². The quantitative estimate of drug-likeness (QED) is 0.874. The average molecular weight is 281 g/mol. The van der Waals surface area contributed by atoms with Crippen molar-refractivity contribution < 1.29 is 0 Å². The third kappa shape index (κ3) is 1.59. The number of hydrogen-bond acceptors (Lipinski definition) is 3. The van der Waals surface area contributed by atoms with Gasteiger partial charge in [-0.15, -0.1) is 0 Å². The molecule has 84 valence electrons. The molecule has 2 aromatic heterocycles. The van der Waals surface area contributed by atoms with Crippen LogP contribution in [-0.4, -0.2) is 28.0 Å². The maximum atomic E-state index is 4.43. The van der Waals surface area contributed by atoms with Gasteiger partial charge >= 0.3 is 0 Å². The Balaban J connectivity index is 2.10. The first-order chi connectivity index (χ1) is 7.86. The molecule has 0 bridgehead atoms. The van der Waals surface area contributed by atoms with Crippen LogP contribution in [0.4, 0.5) is 5.82 Å². The summed E-state index contributed by atoms with van der Waals surface area (Å²) in [6.07, 6.45) is 7.40. The van der Waals surface area contributed by atoms with E-state index in [-0.39, 0.29) is 0 Å². The van der Waals surface area contributed by atoms with Gasteiger partial charge in [0.05, 0.1) is 5.39 Å². The number of nitrogens with zero attached hydrogens (tertiary/aromatic N) is 3. The Kier molecular flexibility index (Phi) is 2.55. The minimum Gasteiger partial charge on any atom is -0.356 e. The molecule has 1 N–H and O–H groups in total. The molecule has 1 aliphatic rings. The molecule has 0 aromatic carbocycles. The highest BCUT2D eigenvalue weighted by atomic mass is 79.9. The van der Waals surface area contributed by atoms with Crippen molar-refractivity contribution >= 4 is 32.8 Å². The van der Waals surface area contributed by atoms with Crippen LogP contribution in [0.3, 0.4) is 0 Å². The highest BCUT2D eigenvalue weighted by Crippen LogP contribution is 2.31. The summed E-state index contributed by atoms with van der Waals surface area (Å²) in [5.41, 5.74) is 0.905. The van der Waals surface area contributed by atoms with Gasteiger partial charge in [0.15, 0.2) is 0 Å². The van der Waals surface area contributed by atoms with Gasteiger partial charge in [-0.2, -0.15) is 0 Å². The monoisotopic (exact) mass is 280 g/mol. The van der Waals surface area contributed by atoms with Gasteiger partial charge in [-0.05, 0) is 35.2 Å². The van der Waals surface area contributed by atoms with Gasteiger partial charge in [0, 0.05) is 23.8 Å². The maximum absolute atomic E-state index is 4.43. The van der Waals surface area contributed by atoms with Crippen LogP contribution in [0.2, 0.25) is 0 Å². The lowest BCUT2D eigenvalue weighted by Crippen LogP contribution is -2.30. The molecule has 1 saturated heterocycles. The number of nitrogens with one attached hydrogen (secondary N) is 1. The van der Waals surface area contributed by atoms with Crippen molar-refractivity contribution in [3.8, 4) is 0 Å². The molecule has 1 aliphatic heterocycles. The van der Waals surface area contributed by atoms with E-state index in [4.69, 9.17) is 0 Å². The van der Waals surface area contributed by atoms with Gasteiger partial charge in [0.2, 0.25) is 0 Å². The zero-order chi connectivity index (χ0) is 11.0. The van der Waals surface area contributed by atoms with E-state index in [2.05, 4.69) is 35.8 Å². The molecular formula is C11H13BrN4. The minimum atomic E-state index is 0.905. The molecular weight excluding hydrogens is 268 g/mol. The SMILES string of the molecule is Brc1c[nH]c2ncnc(N3CCCCC3)c12. The Bertz CT molecular complexity index is 502. The fourth-order valence-corrected chi connectivity index (χ4v) is 2.73. The van der Waals surface area contributed by atoms with Gasteiger partial charge in [0.1, 0.15) is 17.8 Å². The Morgan fingerprint density at radius 2 is 2.00 bits per heavy atom. The minimum absolute atomic E-state index is 0.905. The van der Waals surface area contributed by atoms with Crippen molar-refractivity contribution in [3.63, 3.8) is 0 Å². The largest absolute Gasteiger partial charge is 0.356 e. The Hall–Kier alpha value is -1.10. The molecule has 0 amide bonds. The molecule has 0 atom stereocenters. The Morgan fingerprint density at radius 1 is 1.19 bits per heavy atom. The highest BCUT2D eigenvalue weighted by molar-refractivity contribution is 9.10. The van der Waals surface area contributed by atoms with Crippen LogP contribution in [-0.2, 0) is 0 Å². The normalized spacial score (nSPS) is 16.9. The van der Waals surface area contributed by atoms with E-state index < -0.39 is 0 Å². The van der Waals surface area contributed by atoms with Crippen LogP contribution in [0, 0.1) is 0 Å². The average Bonchev–Trinajstić information content (AvgIpc) is 2.73. The van der Waals surface area contributed by atoms with E-state index in [0.29, 0.717) is 0 Å². The number of H-pyrrole nitrogens is 1. The van der Waals surface area contributed by atoms with E-state index in [1.54, 1.807) is 6.33 Å². The summed E-state index contributed by atoms with van der Waals surface area (Å²) >= 11 is 3.55. The molecule has 3 rings (SSSR count). The number of rotatable bonds is 1. The molecule has 2 aromatic rings. The number of aromatic amines is 1. The van der Waals surface area contributed by atoms with Crippen molar-refractivity contribution in [2.45, 2.75) is 19.3 Å². The molecule has 4 nitrogen and oxygen atoms in total. The molecule has 0 radical (unpaired) electrons. The number of halogens is 1. The molecule has 0 spiro atoms. The predicted octanol–water partition coefficient (Wildman–Crippen LogP) is 2.71. The zero-order valence-corrected chi connectivity index (χ0v) is 10.5. The lowest BCUT2D eigenvalue weighted by atomic mass is 10.1. The summed E-state index contributed by atoms with van der Waals surface area (Å²) in [6.45, 7) is 2.20. The molecule has 16 heavy (non-hydrogen) atoms. The summed E-state index contributed by atoms with van der Waals surface area (Å²) < 4.78 is 1.05. The second kappa shape index (κ2) is 4.05. The molecule has 0 aliphatic carbocycles. The van der Waals surface area contributed by atoms with E-state index in [0.717, 1.165) is 34.4 Å². The van der Waals surface area contributed by atoms with E-state index in [9.17, 15) is 0 Å². The van der Waals surface area contributed by atoms with Crippen LogP contribution in [0.25, 0.3) is 11.0 Å². The van der Waals surface area contributed by atoms with Crippen LogP contribution < -0.4 is 4.90 Å². The fourth-order valence-electron chi connectivity index (χ4n) is 2.26. The molecule has 5 heteroatoms. The highest BCUT2D eigenvalue weighted by Gasteiger charge is 2.17. The van der Waals surface area contributed by atoms with Crippen LogP contribution in [0.1, 0.15) is 19.3 Å². The first-order valence-corrected chi connectivity index (χ1v) is 6.38. The first kappa shape index (κ1) is 10.1. The van der Waals surface area contributed by atoms with Crippen LogP contribution in [0.15, 0.2) is 17.0 Å². The first-order valence-electron chi connectivity index (χ1n) is 5.59. The summed E-state index contributed by atoms with van der Waals surface area (Å²) in [4.78, 5) is 14.2. The van der Waals surface area contributed by atoms with Gasteiger partial charge in [-0.3, -0.25) is 0 Å². The standard InChI is InChI=1S/C11H13BrN4/c12-8-6-13-10-9(8)11(15-7-14-10)16-4-2-1-3-5-16/h6-7H,1-5H2,(H,13,14,15). The van der Waals surface area contributed by atoms with Gasteiger partial charge in [-0.1, -0.05) is 0 Å². The molecule has 3 heterocycles. The van der Waals surface area contributed by atoms with Gasteiger partial charge in [0.25, 0.3) is 0 Å². The summed E-state index contributed by atoms with van der Waals surface area (Å²) in [5.74, 6) is 1.05. The third-order valence-corrected chi connectivity index (χ3v) is 3.68. The summed E-state index contributed by atoms with van der Waals surface area (Å²) in [5, 5.41) is 1.10. The summed E-state index contributed by atoms with van der Waals surface area (Å²) in [7, 11) is 0. The smallest absolute Gasteiger partial charge is 0.144 e. The Labute approximate surface area is 102 Å². The van der Waals surface area contributed by atoms with Crippen molar-refractivity contribution in [1.29, 1.82) is 0 Å².